The maximum atomic E-state index is 11.8. The maximum absolute atomic E-state index is 11.8. The van der Waals surface area contributed by atoms with Gasteiger partial charge in [-0.1, -0.05) is 70.2 Å². The first-order chi connectivity index (χ1) is 11.8. The van der Waals surface area contributed by atoms with Crippen molar-refractivity contribution >= 4 is 16.9 Å². The van der Waals surface area contributed by atoms with E-state index in [-0.39, 0.29) is 5.41 Å². The zero-order valence-electron chi connectivity index (χ0n) is 15.1. The summed E-state index contributed by atoms with van der Waals surface area (Å²) in [6, 6.07) is 15.6. The highest BCUT2D eigenvalue weighted by molar-refractivity contribution is 6.04. The number of fused-ring (bicyclic) bond motifs is 1. The monoisotopic (exact) mass is 333 g/mol. The number of carbonyl (C=O) groups is 1. The number of aromatic carboxylic acids is 1. The zero-order valence-corrected chi connectivity index (χ0v) is 15.1. The Balaban J connectivity index is 2.21. The summed E-state index contributed by atoms with van der Waals surface area (Å²) in [6.07, 6.45) is 0.815. The average molecular weight is 333 g/mol. The van der Waals surface area contributed by atoms with E-state index in [4.69, 9.17) is 4.98 Å². The molecule has 0 fully saturated rings. The minimum Gasteiger partial charge on any atom is -0.478 e. The summed E-state index contributed by atoms with van der Waals surface area (Å²) in [5, 5.41) is 10.3. The van der Waals surface area contributed by atoms with Gasteiger partial charge in [0.25, 0.3) is 0 Å². The van der Waals surface area contributed by atoms with Crippen LogP contribution in [0.3, 0.4) is 0 Å². The molecule has 0 unspecified atom stereocenters. The van der Waals surface area contributed by atoms with Crippen LogP contribution in [0.2, 0.25) is 0 Å². The molecular weight excluding hydrogens is 310 g/mol. The smallest absolute Gasteiger partial charge is 0.336 e. The molecule has 0 aliphatic heterocycles. The van der Waals surface area contributed by atoms with Crippen LogP contribution in [-0.4, -0.2) is 16.1 Å². The number of carboxylic acids is 1. The second-order valence-corrected chi connectivity index (χ2v) is 7.35. The number of para-hydroxylation sites is 1. The third-order valence-electron chi connectivity index (χ3n) is 4.58. The standard InChI is InChI=1S/C22H23NO2/c1-5-14-7-6-8-17-18(21(24)25)13-19(23-20(14)17)15-9-11-16(12-10-15)22(2,3)4/h6-13H,5H2,1-4H3,(H,24,25). The van der Waals surface area contributed by atoms with Gasteiger partial charge < -0.3 is 5.11 Å². The van der Waals surface area contributed by atoms with E-state index in [2.05, 4.69) is 39.8 Å². The van der Waals surface area contributed by atoms with Gasteiger partial charge in [0.1, 0.15) is 0 Å². The molecule has 0 radical (unpaired) electrons. The molecule has 25 heavy (non-hydrogen) atoms. The Labute approximate surface area is 148 Å². The molecule has 0 bridgehead atoms. The minimum atomic E-state index is -0.923. The van der Waals surface area contributed by atoms with Crippen LogP contribution in [0.15, 0.2) is 48.5 Å². The Morgan fingerprint density at radius 3 is 2.32 bits per heavy atom. The van der Waals surface area contributed by atoms with Gasteiger partial charge in [-0.3, -0.25) is 0 Å². The van der Waals surface area contributed by atoms with E-state index >= 15 is 0 Å². The van der Waals surface area contributed by atoms with Crippen molar-refractivity contribution in [2.75, 3.05) is 0 Å². The van der Waals surface area contributed by atoms with Crippen LogP contribution in [0.25, 0.3) is 22.2 Å². The average Bonchev–Trinajstić information content (AvgIpc) is 2.59. The highest BCUT2D eigenvalue weighted by Crippen LogP contribution is 2.29. The summed E-state index contributed by atoms with van der Waals surface area (Å²) < 4.78 is 0. The van der Waals surface area contributed by atoms with Gasteiger partial charge in [-0.15, -0.1) is 0 Å². The van der Waals surface area contributed by atoms with Crippen LogP contribution >= 0.6 is 0 Å². The van der Waals surface area contributed by atoms with Crippen LogP contribution in [0, 0.1) is 0 Å². The number of aromatic nitrogens is 1. The first kappa shape index (κ1) is 17.2. The first-order valence-corrected chi connectivity index (χ1v) is 8.58. The lowest BCUT2D eigenvalue weighted by molar-refractivity contribution is 0.0699. The molecule has 2 aromatic carbocycles. The molecule has 1 heterocycles. The number of benzene rings is 2. The van der Waals surface area contributed by atoms with Crippen LogP contribution in [0.4, 0.5) is 0 Å². The van der Waals surface area contributed by atoms with Gasteiger partial charge in [-0.25, -0.2) is 9.78 Å². The number of carboxylic acid groups (broad SMARTS) is 1. The minimum absolute atomic E-state index is 0.0803. The van der Waals surface area contributed by atoms with Gasteiger partial charge in [-0.05, 0) is 29.0 Å². The lowest BCUT2D eigenvalue weighted by Crippen LogP contribution is -2.10. The van der Waals surface area contributed by atoms with Crippen molar-refractivity contribution in [3.05, 3.63) is 65.2 Å². The maximum Gasteiger partial charge on any atom is 0.336 e. The Kier molecular flexibility index (Phi) is 4.34. The molecule has 0 saturated carbocycles. The normalized spacial score (nSPS) is 11.7. The van der Waals surface area contributed by atoms with E-state index in [0.717, 1.165) is 23.1 Å². The topological polar surface area (TPSA) is 50.2 Å². The van der Waals surface area contributed by atoms with Crippen LogP contribution in [-0.2, 0) is 11.8 Å². The van der Waals surface area contributed by atoms with E-state index in [1.807, 2.05) is 30.3 Å². The fourth-order valence-electron chi connectivity index (χ4n) is 3.06. The first-order valence-electron chi connectivity index (χ1n) is 8.58. The summed E-state index contributed by atoms with van der Waals surface area (Å²) in [5.74, 6) is -0.923. The third-order valence-corrected chi connectivity index (χ3v) is 4.58. The molecule has 3 nitrogen and oxygen atoms in total. The Bertz CT molecular complexity index is 935. The molecule has 3 aromatic rings. The largest absolute Gasteiger partial charge is 0.478 e. The highest BCUT2D eigenvalue weighted by Gasteiger charge is 2.16. The van der Waals surface area contributed by atoms with Crippen LogP contribution in [0.1, 0.15) is 49.2 Å². The fourth-order valence-corrected chi connectivity index (χ4v) is 3.06. The van der Waals surface area contributed by atoms with Gasteiger partial charge in [0.15, 0.2) is 0 Å². The highest BCUT2D eigenvalue weighted by atomic mass is 16.4. The SMILES string of the molecule is CCc1cccc2c(C(=O)O)cc(-c3ccc(C(C)(C)C)cc3)nc12. The van der Waals surface area contributed by atoms with E-state index in [1.54, 1.807) is 6.07 Å². The molecule has 3 heteroatoms. The number of hydrogen-bond acceptors (Lipinski definition) is 2. The molecule has 0 spiro atoms. The van der Waals surface area contributed by atoms with Crippen LogP contribution in [0.5, 0.6) is 0 Å². The van der Waals surface area contributed by atoms with Crippen molar-refractivity contribution in [3.8, 4) is 11.3 Å². The summed E-state index contributed by atoms with van der Waals surface area (Å²) in [4.78, 5) is 16.5. The van der Waals surface area contributed by atoms with E-state index in [9.17, 15) is 9.90 Å². The van der Waals surface area contributed by atoms with Crippen molar-refractivity contribution in [3.63, 3.8) is 0 Å². The molecule has 0 atom stereocenters. The molecule has 0 aliphatic rings. The molecule has 0 saturated heterocycles. The van der Waals surface area contributed by atoms with E-state index < -0.39 is 5.97 Å². The van der Waals surface area contributed by atoms with Crippen molar-refractivity contribution in [1.82, 2.24) is 4.98 Å². The Morgan fingerprint density at radius 1 is 1.08 bits per heavy atom. The lowest BCUT2D eigenvalue weighted by Gasteiger charge is -2.19. The molecule has 1 aromatic heterocycles. The predicted molar refractivity (Wildman–Crippen MR) is 102 cm³/mol. The third kappa shape index (κ3) is 3.27. The molecule has 128 valence electrons. The molecule has 0 aliphatic carbocycles. The second kappa shape index (κ2) is 6.32. The van der Waals surface area contributed by atoms with E-state index in [1.165, 1.54) is 5.56 Å². The molecule has 0 amide bonds. The number of hydrogen-bond donors (Lipinski definition) is 1. The number of aryl methyl sites for hydroxylation is 1. The predicted octanol–water partition coefficient (Wildman–Crippen LogP) is 5.46. The van der Waals surface area contributed by atoms with E-state index in [0.29, 0.717) is 16.6 Å². The number of nitrogens with zero attached hydrogens (tertiary/aromatic N) is 1. The van der Waals surface area contributed by atoms with Crippen LogP contribution < -0.4 is 0 Å². The van der Waals surface area contributed by atoms with Crippen molar-refractivity contribution in [2.24, 2.45) is 0 Å². The molecule has 1 N–H and O–H groups in total. The van der Waals surface area contributed by atoms with Crippen molar-refractivity contribution in [1.29, 1.82) is 0 Å². The number of pyridine rings is 1. The molecule has 3 rings (SSSR count). The van der Waals surface area contributed by atoms with Gasteiger partial charge >= 0.3 is 5.97 Å². The van der Waals surface area contributed by atoms with Gasteiger partial charge in [0.2, 0.25) is 0 Å². The molecular formula is C22H23NO2. The van der Waals surface area contributed by atoms with Crippen molar-refractivity contribution in [2.45, 2.75) is 39.5 Å². The fraction of sp³-hybridized carbons (Fsp3) is 0.273. The summed E-state index contributed by atoms with van der Waals surface area (Å²) in [6.45, 7) is 8.58. The number of rotatable bonds is 3. The summed E-state index contributed by atoms with van der Waals surface area (Å²) in [5.41, 5.74) is 5.10. The van der Waals surface area contributed by atoms with Gasteiger partial charge in [0, 0.05) is 10.9 Å². The van der Waals surface area contributed by atoms with Gasteiger partial charge in [-0.2, -0.15) is 0 Å². The Hall–Kier alpha value is -2.68. The second-order valence-electron chi connectivity index (χ2n) is 7.35. The summed E-state index contributed by atoms with van der Waals surface area (Å²) in [7, 11) is 0. The summed E-state index contributed by atoms with van der Waals surface area (Å²) >= 11 is 0. The van der Waals surface area contributed by atoms with Crippen molar-refractivity contribution < 1.29 is 9.90 Å². The quantitative estimate of drug-likeness (QED) is 0.692. The lowest BCUT2D eigenvalue weighted by atomic mass is 9.86. The Morgan fingerprint density at radius 2 is 1.76 bits per heavy atom. The zero-order chi connectivity index (χ0) is 18.2. The van der Waals surface area contributed by atoms with Gasteiger partial charge in [0.05, 0.1) is 16.8 Å².